The third-order valence-electron chi connectivity index (χ3n) is 3.08. The summed E-state index contributed by atoms with van der Waals surface area (Å²) in [4.78, 5) is 16.2. The Morgan fingerprint density at radius 3 is 2.62 bits per heavy atom. The molecule has 0 saturated heterocycles. The second kappa shape index (κ2) is 5.43. The predicted molar refractivity (Wildman–Crippen MR) is 66.7 cm³/mol. The number of amides is 1. The fourth-order valence-corrected chi connectivity index (χ4v) is 2.85. The van der Waals surface area contributed by atoms with E-state index >= 15 is 0 Å². The van der Waals surface area contributed by atoms with E-state index in [1.165, 1.54) is 37.0 Å². The minimum absolute atomic E-state index is 0.163. The highest BCUT2D eigenvalue weighted by Gasteiger charge is 2.20. The van der Waals surface area contributed by atoms with Crippen molar-refractivity contribution in [1.29, 1.82) is 0 Å². The van der Waals surface area contributed by atoms with E-state index in [1.807, 2.05) is 12.3 Å². The molecule has 1 aliphatic rings. The standard InChI is InChI=1S/C12H18N2OS/c1-9-8-16-12(13-9)14-11(15)10-6-4-2-3-5-7-10/h8,10H,2-7H2,1H3,(H,13,14,15). The van der Waals surface area contributed by atoms with Crippen molar-refractivity contribution in [2.45, 2.75) is 45.4 Å². The van der Waals surface area contributed by atoms with E-state index in [1.54, 1.807) is 0 Å². The molecule has 1 aromatic heterocycles. The molecule has 2 rings (SSSR count). The summed E-state index contributed by atoms with van der Waals surface area (Å²) in [6.45, 7) is 1.94. The molecule has 0 radical (unpaired) electrons. The number of carbonyl (C=O) groups excluding carboxylic acids is 1. The smallest absolute Gasteiger partial charge is 0.229 e. The van der Waals surface area contributed by atoms with Crippen molar-refractivity contribution in [3.05, 3.63) is 11.1 Å². The van der Waals surface area contributed by atoms with E-state index < -0.39 is 0 Å². The molecule has 4 heteroatoms. The molecule has 0 aliphatic heterocycles. The molecule has 0 bridgehead atoms. The first kappa shape index (κ1) is 11.6. The van der Waals surface area contributed by atoms with Crippen LogP contribution < -0.4 is 5.32 Å². The number of anilines is 1. The van der Waals surface area contributed by atoms with Gasteiger partial charge in [-0.1, -0.05) is 25.7 Å². The van der Waals surface area contributed by atoms with Crippen molar-refractivity contribution in [3.8, 4) is 0 Å². The molecule has 1 N–H and O–H groups in total. The molecule has 0 unspecified atom stereocenters. The van der Waals surface area contributed by atoms with Crippen LogP contribution in [0, 0.1) is 12.8 Å². The Labute approximate surface area is 100 Å². The number of aromatic nitrogens is 1. The summed E-state index contributed by atoms with van der Waals surface area (Å²) in [6.07, 6.45) is 7.01. The molecular weight excluding hydrogens is 220 g/mol. The van der Waals surface area contributed by atoms with Crippen LogP contribution in [0.5, 0.6) is 0 Å². The maximum atomic E-state index is 12.0. The lowest BCUT2D eigenvalue weighted by Gasteiger charge is -2.12. The summed E-state index contributed by atoms with van der Waals surface area (Å²) in [5, 5.41) is 5.63. The second-order valence-corrected chi connectivity index (χ2v) is 5.33. The average Bonchev–Trinajstić information content (AvgIpc) is 2.56. The molecule has 3 nitrogen and oxygen atoms in total. The van der Waals surface area contributed by atoms with Gasteiger partial charge in [0, 0.05) is 11.3 Å². The lowest BCUT2D eigenvalue weighted by molar-refractivity contribution is -0.120. The fourth-order valence-electron chi connectivity index (χ4n) is 2.16. The van der Waals surface area contributed by atoms with Gasteiger partial charge in [0.1, 0.15) is 0 Å². The van der Waals surface area contributed by atoms with Crippen molar-refractivity contribution in [3.63, 3.8) is 0 Å². The summed E-state index contributed by atoms with van der Waals surface area (Å²) >= 11 is 1.50. The van der Waals surface area contributed by atoms with E-state index in [0.717, 1.165) is 23.7 Å². The van der Waals surface area contributed by atoms with Crippen LogP contribution >= 0.6 is 11.3 Å². The third-order valence-corrected chi connectivity index (χ3v) is 3.95. The lowest BCUT2D eigenvalue weighted by atomic mass is 10.00. The molecule has 1 amide bonds. The minimum atomic E-state index is 0.163. The maximum Gasteiger partial charge on any atom is 0.229 e. The lowest BCUT2D eigenvalue weighted by Crippen LogP contribution is -2.22. The van der Waals surface area contributed by atoms with Gasteiger partial charge in [-0.3, -0.25) is 4.79 Å². The van der Waals surface area contributed by atoms with Crippen molar-refractivity contribution in [2.75, 3.05) is 5.32 Å². The number of thiazole rings is 1. The number of hydrogen-bond donors (Lipinski definition) is 1. The summed E-state index contributed by atoms with van der Waals surface area (Å²) in [5.74, 6) is 0.364. The van der Waals surface area contributed by atoms with Crippen LogP contribution in [0.1, 0.15) is 44.2 Å². The van der Waals surface area contributed by atoms with Gasteiger partial charge in [-0.15, -0.1) is 11.3 Å². The zero-order valence-electron chi connectivity index (χ0n) is 9.66. The van der Waals surface area contributed by atoms with Crippen LogP contribution in [0.15, 0.2) is 5.38 Å². The molecule has 0 aromatic carbocycles. The quantitative estimate of drug-likeness (QED) is 0.803. The van der Waals surface area contributed by atoms with Crippen molar-refractivity contribution >= 4 is 22.4 Å². The van der Waals surface area contributed by atoms with Gasteiger partial charge in [-0.2, -0.15) is 0 Å². The summed E-state index contributed by atoms with van der Waals surface area (Å²) in [7, 11) is 0. The Morgan fingerprint density at radius 2 is 2.06 bits per heavy atom. The van der Waals surface area contributed by atoms with Crippen molar-refractivity contribution in [1.82, 2.24) is 4.98 Å². The Hall–Kier alpha value is -0.900. The van der Waals surface area contributed by atoms with Gasteiger partial charge in [0.15, 0.2) is 5.13 Å². The summed E-state index contributed by atoms with van der Waals surface area (Å²) in [5.41, 5.74) is 0.973. The van der Waals surface area contributed by atoms with E-state index in [-0.39, 0.29) is 11.8 Å². The van der Waals surface area contributed by atoms with Crippen molar-refractivity contribution < 1.29 is 4.79 Å². The molecule has 88 valence electrons. The normalized spacial score (nSPS) is 18.1. The molecule has 1 heterocycles. The van der Waals surface area contributed by atoms with Crippen LogP contribution in [-0.2, 0) is 4.79 Å². The monoisotopic (exact) mass is 238 g/mol. The van der Waals surface area contributed by atoms with Gasteiger partial charge in [0.25, 0.3) is 0 Å². The highest BCUT2D eigenvalue weighted by Crippen LogP contribution is 2.24. The first-order valence-electron chi connectivity index (χ1n) is 5.99. The number of nitrogens with one attached hydrogen (secondary N) is 1. The number of nitrogens with zero attached hydrogens (tertiary/aromatic N) is 1. The highest BCUT2D eigenvalue weighted by molar-refractivity contribution is 7.13. The van der Waals surface area contributed by atoms with Crippen LogP contribution in [0.4, 0.5) is 5.13 Å². The number of hydrogen-bond acceptors (Lipinski definition) is 3. The molecule has 0 atom stereocenters. The zero-order valence-corrected chi connectivity index (χ0v) is 10.5. The van der Waals surface area contributed by atoms with Crippen molar-refractivity contribution in [2.24, 2.45) is 5.92 Å². The predicted octanol–water partition coefficient (Wildman–Crippen LogP) is 3.36. The van der Waals surface area contributed by atoms with Crippen LogP contribution in [0.3, 0.4) is 0 Å². The Balaban J connectivity index is 1.91. The first-order valence-corrected chi connectivity index (χ1v) is 6.86. The Bertz CT molecular complexity index is 354. The van der Waals surface area contributed by atoms with E-state index in [2.05, 4.69) is 10.3 Å². The second-order valence-electron chi connectivity index (χ2n) is 4.47. The minimum Gasteiger partial charge on any atom is -0.302 e. The van der Waals surface area contributed by atoms with Gasteiger partial charge in [0.2, 0.25) is 5.91 Å². The van der Waals surface area contributed by atoms with Crippen LogP contribution in [0.2, 0.25) is 0 Å². The SMILES string of the molecule is Cc1csc(NC(=O)C2CCCCCC2)n1. The molecule has 1 aliphatic carbocycles. The Morgan fingerprint density at radius 1 is 1.38 bits per heavy atom. The number of aryl methyl sites for hydroxylation is 1. The molecular formula is C12H18N2OS. The summed E-state index contributed by atoms with van der Waals surface area (Å²) in [6, 6.07) is 0. The van der Waals surface area contributed by atoms with Gasteiger partial charge >= 0.3 is 0 Å². The Kier molecular flexibility index (Phi) is 3.93. The number of carbonyl (C=O) groups is 1. The van der Waals surface area contributed by atoms with E-state index in [4.69, 9.17) is 0 Å². The summed E-state index contributed by atoms with van der Waals surface area (Å²) < 4.78 is 0. The molecule has 16 heavy (non-hydrogen) atoms. The van der Waals surface area contributed by atoms with E-state index in [0.29, 0.717) is 0 Å². The third kappa shape index (κ3) is 3.04. The highest BCUT2D eigenvalue weighted by atomic mass is 32.1. The van der Waals surface area contributed by atoms with E-state index in [9.17, 15) is 4.79 Å². The molecule has 1 aromatic rings. The molecule has 1 fully saturated rings. The average molecular weight is 238 g/mol. The van der Waals surface area contributed by atoms with Crippen LogP contribution in [0.25, 0.3) is 0 Å². The maximum absolute atomic E-state index is 12.0. The molecule has 1 saturated carbocycles. The van der Waals surface area contributed by atoms with Crippen LogP contribution in [-0.4, -0.2) is 10.9 Å². The zero-order chi connectivity index (χ0) is 11.4. The largest absolute Gasteiger partial charge is 0.302 e. The number of rotatable bonds is 2. The first-order chi connectivity index (χ1) is 7.75. The fraction of sp³-hybridized carbons (Fsp3) is 0.667. The van der Waals surface area contributed by atoms with Gasteiger partial charge < -0.3 is 5.32 Å². The van der Waals surface area contributed by atoms with Gasteiger partial charge in [-0.25, -0.2) is 4.98 Å². The topological polar surface area (TPSA) is 42.0 Å². The molecule has 0 spiro atoms. The van der Waals surface area contributed by atoms with Gasteiger partial charge in [0.05, 0.1) is 5.69 Å². The van der Waals surface area contributed by atoms with Gasteiger partial charge in [-0.05, 0) is 19.8 Å².